The maximum Gasteiger partial charge on any atom is 0.272 e. The molecule has 128 valence electrons. The molecule has 0 unspecified atom stereocenters. The van der Waals surface area contributed by atoms with Gasteiger partial charge in [0.1, 0.15) is 11.8 Å². The number of rotatable bonds is 5. The van der Waals surface area contributed by atoms with Crippen LogP contribution in [0.25, 0.3) is 0 Å². The van der Waals surface area contributed by atoms with Crippen LogP contribution in [0.5, 0.6) is 5.75 Å². The predicted molar refractivity (Wildman–Crippen MR) is 92.7 cm³/mol. The van der Waals surface area contributed by atoms with Crippen molar-refractivity contribution in [1.29, 1.82) is 5.26 Å². The molecule has 0 saturated carbocycles. The van der Waals surface area contributed by atoms with Crippen LogP contribution < -0.4 is 10.1 Å². The van der Waals surface area contributed by atoms with Gasteiger partial charge in [-0.1, -0.05) is 11.6 Å². The Morgan fingerprint density at radius 3 is 2.64 bits per heavy atom. The molecule has 7 nitrogen and oxygen atoms in total. The number of carbonyl (C=O) groups is 1. The molecule has 8 heteroatoms. The van der Waals surface area contributed by atoms with Crippen molar-refractivity contribution < 1.29 is 14.5 Å². The zero-order chi connectivity index (χ0) is 18.6. The minimum Gasteiger partial charge on any atom is -0.481 e. The smallest absolute Gasteiger partial charge is 0.272 e. The van der Waals surface area contributed by atoms with Crippen molar-refractivity contribution in [2.75, 3.05) is 5.32 Å². The van der Waals surface area contributed by atoms with Crippen molar-refractivity contribution in [3.8, 4) is 11.8 Å². The summed E-state index contributed by atoms with van der Waals surface area (Å²) in [4.78, 5) is 22.5. The highest BCUT2D eigenvalue weighted by atomic mass is 35.5. The van der Waals surface area contributed by atoms with Gasteiger partial charge in [0.05, 0.1) is 15.5 Å². The molecule has 2 aromatic carbocycles. The van der Waals surface area contributed by atoms with Crippen LogP contribution in [0.4, 0.5) is 11.4 Å². The van der Waals surface area contributed by atoms with Gasteiger partial charge in [-0.2, -0.15) is 5.26 Å². The standard InChI is InChI=1S/C17H14ClN3O4/c1-10-7-14(5-6-16(10)21(23)24)25-11(2)17(22)20-13-4-3-12(9-19)15(18)8-13/h3-8,11H,1-2H3,(H,20,22)/t11-/m0/s1. The fraction of sp³-hybridized carbons (Fsp3) is 0.176. The van der Waals surface area contributed by atoms with Gasteiger partial charge in [-0.15, -0.1) is 0 Å². The Bertz CT molecular complexity index is 877. The highest BCUT2D eigenvalue weighted by Gasteiger charge is 2.17. The minimum atomic E-state index is -0.838. The van der Waals surface area contributed by atoms with Crippen LogP contribution in [0.1, 0.15) is 18.1 Å². The van der Waals surface area contributed by atoms with Crippen molar-refractivity contribution >= 4 is 28.9 Å². The summed E-state index contributed by atoms with van der Waals surface area (Å²) < 4.78 is 5.52. The molecular formula is C17H14ClN3O4. The van der Waals surface area contributed by atoms with Gasteiger partial charge < -0.3 is 10.1 Å². The van der Waals surface area contributed by atoms with E-state index in [0.29, 0.717) is 22.6 Å². The number of hydrogen-bond acceptors (Lipinski definition) is 5. The quantitative estimate of drug-likeness (QED) is 0.645. The maximum absolute atomic E-state index is 12.2. The zero-order valence-corrected chi connectivity index (χ0v) is 14.2. The fourth-order valence-electron chi connectivity index (χ4n) is 2.09. The molecule has 25 heavy (non-hydrogen) atoms. The number of nitrogens with zero attached hydrogens (tertiary/aromatic N) is 2. The lowest BCUT2D eigenvalue weighted by Crippen LogP contribution is -2.30. The van der Waals surface area contributed by atoms with Crippen LogP contribution >= 0.6 is 11.6 Å². The number of halogens is 1. The summed E-state index contributed by atoms with van der Waals surface area (Å²) >= 11 is 5.92. The first-order valence-electron chi connectivity index (χ1n) is 7.24. The molecule has 0 bridgehead atoms. The van der Waals surface area contributed by atoms with Gasteiger partial charge in [-0.25, -0.2) is 0 Å². The van der Waals surface area contributed by atoms with Gasteiger partial charge in [0.15, 0.2) is 6.10 Å². The van der Waals surface area contributed by atoms with Gasteiger partial charge in [0, 0.05) is 17.3 Å². The molecule has 0 aromatic heterocycles. The lowest BCUT2D eigenvalue weighted by molar-refractivity contribution is -0.385. The predicted octanol–water partition coefficient (Wildman–Crippen LogP) is 3.83. The van der Waals surface area contributed by atoms with Crippen LogP contribution in [0, 0.1) is 28.4 Å². The molecule has 0 aliphatic carbocycles. The van der Waals surface area contributed by atoms with Crippen LogP contribution in [0.15, 0.2) is 36.4 Å². The third-order valence-corrected chi connectivity index (χ3v) is 3.72. The van der Waals surface area contributed by atoms with Crippen molar-refractivity contribution in [3.05, 3.63) is 62.7 Å². The van der Waals surface area contributed by atoms with Crippen LogP contribution in [-0.4, -0.2) is 16.9 Å². The van der Waals surface area contributed by atoms with E-state index in [0.717, 1.165) is 0 Å². The number of benzene rings is 2. The fourth-order valence-corrected chi connectivity index (χ4v) is 2.31. The van der Waals surface area contributed by atoms with E-state index in [9.17, 15) is 14.9 Å². The number of aryl methyl sites for hydroxylation is 1. The Balaban J connectivity index is 2.05. The lowest BCUT2D eigenvalue weighted by atomic mass is 10.2. The Kier molecular flexibility index (Phi) is 5.57. The van der Waals surface area contributed by atoms with E-state index in [1.807, 2.05) is 6.07 Å². The molecule has 2 rings (SSSR count). The summed E-state index contributed by atoms with van der Waals surface area (Å²) in [7, 11) is 0. The summed E-state index contributed by atoms with van der Waals surface area (Å²) in [6, 6.07) is 10.7. The summed E-state index contributed by atoms with van der Waals surface area (Å²) in [6.45, 7) is 3.14. The van der Waals surface area contributed by atoms with Crippen LogP contribution in [-0.2, 0) is 4.79 Å². The monoisotopic (exact) mass is 359 g/mol. The van der Waals surface area contributed by atoms with Gasteiger partial charge >= 0.3 is 0 Å². The third-order valence-electron chi connectivity index (χ3n) is 3.40. The van der Waals surface area contributed by atoms with Crippen LogP contribution in [0.2, 0.25) is 5.02 Å². The molecule has 1 amide bonds. The van der Waals surface area contributed by atoms with E-state index >= 15 is 0 Å². The van der Waals surface area contributed by atoms with Crippen molar-refractivity contribution in [3.63, 3.8) is 0 Å². The van der Waals surface area contributed by atoms with Crippen LogP contribution in [0.3, 0.4) is 0 Å². The molecule has 0 fully saturated rings. The molecule has 2 aromatic rings. The molecule has 1 N–H and O–H groups in total. The summed E-state index contributed by atoms with van der Waals surface area (Å²) in [5, 5.41) is 22.5. The Morgan fingerprint density at radius 2 is 2.08 bits per heavy atom. The number of amides is 1. The van der Waals surface area contributed by atoms with Gasteiger partial charge in [-0.3, -0.25) is 14.9 Å². The topological polar surface area (TPSA) is 105 Å². The first-order chi connectivity index (χ1) is 11.8. The molecular weight excluding hydrogens is 346 g/mol. The van der Waals surface area contributed by atoms with Gasteiger partial charge in [0.25, 0.3) is 11.6 Å². The number of carbonyl (C=O) groups excluding carboxylic acids is 1. The summed E-state index contributed by atoms with van der Waals surface area (Å²) in [5.74, 6) is -0.0691. The number of nitro groups is 1. The van der Waals surface area contributed by atoms with Gasteiger partial charge in [-0.05, 0) is 44.2 Å². The largest absolute Gasteiger partial charge is 0.481 e. The first kappa shape index (κ1) is 18.2. The number of nitro benzene ring substituents is 1. The minimum absolute atomic E-state index is 0.0170. The molecule has 0 radical (unpaired) electrons. The second-order valence-corrected chi connectivity index (χ2v) is 5.67. The van der Waals surface area contributed by atoms with E-state index in [2.05, 4.69) is 5.32 Å². The average molecular weight is 360 g/mol. The summed E-state index contributed by atoms with van der Waals surface area (Å²) in [6.07, 6.45) is -0.838. The van der Waals surface area contributed by atoms with E-state index < -0.39 is 16.9 Å². The molecule has 0 spiro atoms. The highest BCUT2D eigenvalue weighted by molar-refractivity contribution is 6.32. The molecule has 1 atom stereocenters. The van der Waals surface area contributed by atoms with Crippen molar-refractivity contribution in [2.24, 2.45) is 0 Å². The highest BCUT2D eigenvalue weighted by Crippen LogP contribution is 2.24. The molecule has 0 heterocycles. The second-order valence-electron chi connectivity index (χ2n) is 5.26. The molecule has 0 saturated heterocycles. The molecule has 0 aliphatic heterocycles. The Morgan fingerprint density at radius 1 is 1.36 bits per heavy atom. The zero-order valence-electron chi connectivity index (χ0n) is 13.4. The van der Waals surface area contributed by atoms with E-state index in [4.69, 9.17) is 21.6 Å². The number of nitriles is 1. The third kappa shape index (κ3) is 4.46. The average Bonchev–Trinajstić information content (AvgIpc) is 2.54. The Labute approximate surface area is 148 Å². The maximum atomic E-state index is 12.2. The number of hydrogen-bond donors (Lipinski definition) is 1. The van der Waals surface area contributed by atoms with Gasteiger partial charge in [0.2, 0.25) is 0 Å². The SMILES string of the molecule is Cc1cc(O[C@@H](C)C(=O)Nc2ccc(C#N)c(Cl)c2)ccc1[N+](=O)[O-]. The van der Waals surface area contributed by atoms with Crippen molar-refractivity contribution in [2.45, 2.75) is 20.0 Å². The second kappa shape index (κ2) is 7.64. The van der Waals surface area contributed by atoms with E-state index in [-0.39, 0.29) is 10.7 Å². The van der Waals surface area contributed by atoms with E-state index in [1.54, 1.807) is 19.9 Å². The normalized spacial score (nSPS) is 11.3. The first-order valence-corrected chi connectivity index (χ1v) is 7.62. The number of ether oxygens (including phenoxy) is 1. The summed E-state index contributed by atoms with van der Waals surface area (Å²) in [5.41, 5.74) is 1.17. The molecule has 0 aliphatic rings. The lowest BCUT2D eigenvalue weighted by Gasteiger charge is -2.15. The Hall–Kier alpha value is -3.11. The van der Waals surface area contributed by atoms with E-state index in [1.165, 1.54) is 30.3 Å². The number of nitrogens with one attached hydrogen (secondary N) is 1. The van der Waals surface area contributed by atoms with Crippen molar-refractivity contribution in [1.82, 2.24) is 0 Å². The number of anilines is 1.